The van der Waals surface area contributed by atoms with Gasteiger partial charge >= 0.3 is 0 Å². The minimum atomic E-state index is 0.351. The minimum absolute atomic E-state index is 0.351. The zero-order valence-corrected chi connectivity index (χ0v) is 12.5. The number of hydrogen-bond acceptors (Lipinski definition) is 2. The molecule has 0 saturated carbocycles. The summed E-state index contributed by atoms with van der Waals surface area (Å²) < 4.78 is 1.15. The van der Waals surface area contributed by atoms with Crippen LogP contribution in [0.4, 0.5) is 5.69 Å². The van der Waals surface area contributed by atoms with Gasteiger partial charge < -0.3 is 5.32 Å². The number of nitrogens with zero attached hydrogens (tertiary/aromatic N) is 1. The van der Waals surface area contributed by atoms with Crippen molar-refractivity contribution in [2.75, 3.05) is 5.32 Å². The van der Waals surface area contributed by atoms with Gasteiger partial charge in [-0.05, 0) is 57.6 Å². The van der Waals surface area contributed by atoms with Crippen LogP contribution in [-0.2, 0) is 0 Å². The van der Waals surface area contributed by atoms with E-state index in [1.54, 1.807) is 0 Å². The molecule has 3 atom stereocenters. The van der Waals surface area contributed by atoms with Gasteiger partial charge in [0.1, 0.15) is 0 Å². The zero-order chi connectivity index (χ0) is 13.5. The maximum absolute atomic E-state index is 4.13. The average Bonchev–Trinajstić information content (AvgIpc) is 2.97. The molecule has 0 amide bonds. The predicted molar refractivity (Wildman–Crippen MR) is 84.7 cm³/mol. The van der Waals surface area contributed by atoms with Gasteiger partial charge in [-0.3, -0.25) is 4.98 Å². The fraction of sp³-hybridized carbons (Fsp3) is 0.235. The number of benzene rings is 1. The molecular formula is C17H15BrN2. The second kappa shape index (κ2) is 4.74. The molecule has 2 unspecified atom stereocenters. The van der Waals surface area contributed by atoms with Crippen LogP contribution in [0, 0.1) is 5.92 Å². The maximum atomic E-state index is 4.13. The summed E-state index contributed by atoms with van der Waals surface area (Å²) in [5.74, 6) is 1.11. The second-order valence-corrected chi connectivity index (χ2v) is 6.31. The maximum Gasteiger partial charge on any atom is 0.0555 e. The molecule has 1 aliphatic heterocycles. The average molecular weight is 327 g/mol. The third kappa shape index (κ3) is 1.80. The van der Waals surface area contributed by atoms with E-state index in [1.165, 1.54) is 16.8 Å². The van der Waals surface area contributed by atoms with E-state index in [-0.39, 0.29) is 0 Å². The van der Waals surface area contributed by atoms with Crippen LogP contribution in [0.2, 0.25) is 0 Å². The van der Waals surface area contributed by atoms with Gasteiger partial charge in [-0.15, -0.1) is 0 Å². The van der Waals surface area contributed by atoms with Crippen molar-refractivity contribution < 1.29 is 0 Å². The Morgan fingerprint density at radius 1 is 1.15 bits per heavy atom. The standard InChI is InChI=1S/C17H15BrN2/c18-15-6-2-5-14-12-3-1-4-13(12)16(20-17(14)15)11-7-9-19-10-8-11/h1-3,5-10,12-13,16,20H,4H2/t12?,13?,16-/m0/s1. The summed E-state index contributed by atoms with van der Waals surface area (Å²) in [6.07, 6.45) is 9.58. The van der Waals surface area contributed by atoms with E-state index in [9.17, 15) is 0 Å². The quantitative estimate of drug-likeness (QED) is 0.770. The number of allylic oxidation sites excluding steroid dienone is 2. The number of para-hydroxylation sites is 1. The number of rotatable bonds is 1. The molecule has 0 bridgehead atoms. The Morgan fingerprint density at radius 3 is 2.85 bits per heavy atom. The van der Waals surface area contributed by atoms with Crippen molar-refractivity contribution in [2.45, 2.75) is 18.4 Å². The molecule has 0 fully saturated rings. The van der Waals surface area contributed by atoms with Crippen LogP contribution in [0.15, 0.2) is 59.4 Å². The fourth-order valence-corrected chi connectivity index (χ4v) is 3.98. The number of halogens is 1. The zero-order valence-electron chi connectivity index (χ0n) is 11.0. The summed E-state index contributed by atoms with van der Waals surface area (Å²) in [5.41, 5.74) is 3.96. The van der Waals surface area contributed by atoms with Crippen molar-refractivity contribution in [1.82, 2.24) is 4.98 Å². The number of anilines is 1. The molecule has 0 saturated heterocycles. The third-order valence-electron chi connectivity index (χ3n) is 4.41. The second-order valence-electron chi connectivity index (χ2n) is 5.46. The summed E-state index contributed by atoms with van der Waals surface area (Å²) >= 11 is 3.68. The summed E-state index contributed by atoms with van der Waals surface area (Å²) in [4.78, 5) is 4.13. The molecule has 4 rings (SSSR count). The van der Waals surface area contributed by atoms with Crippen molar-refractivity contribution in [1.29, 1.82) is 0 Å². The number of fused-ring (bicyclic) bond motifs is 3. The fourth-order valence-electron chi connectivity index (χ4n) is 3.48. The van der Waals surface area contributed by atoms with Crippen LogP contribution in [-0.4, -0.2) is 4.98 Å². The van der Waals surface area contributed by atoms with Crippen LogP contribution < -0.4 is 5.32 Å². The van der Waals surface area contributed by atoms with Crippen molar-refractivity contribution in [3.8, 4) is 0 Å². The molecule has 20 heavy (non-hydrogen) atoms. The van der Waals surface area contributed by atoms with E-state index < -0.39 is 0 Å². The molecule has 2 nitrogen and oxygen atoms in total. The van der Waals surface area contributed by atoms with E-state index in [0.29, 0.717) is 17.9 Å². The molecule has 2 aliphatic rings. The highest BCUT2D eigenvalue weighted by Crippen LogP contribution is 2.51. The van der Waals surface area contributed by atoms with Gasteiger partial charge in [-0.1, -0.05) is 24.3 Å². The van der Waals surface area contributed by atoms with Crippen LogP contribution in [0.5, 0.6) is 0 Å². The molecule has 1 aliphatic carbocycles. The molecule has 2 heterocycles. The van der Waals surface area contributed by atoms with Crippen LogP contribution in [0.25, 0.3) is 0 Å². The van der Waals surface area contributed by atoms with Gasteiger partial charge in [-0.2, -0.15) is 0 Å². The van der Waals surface area contributed by atoms with E-state index >= 15 is 0 Å². The van der Waals surface area contributed by atoms with E-state index in [2.05, 4.69) is 68.7 Å². The van der Waals surface area contributed by atoms with Crippen molar-refractivity contribution >= 4 is 21.6 Å². The third-order valence-corrected chi connectivity index (χ3v) is 5.07. The summed E-state index contributed by atoms with van der Waals surface area (Å²) in [6.45, 7) is 0. The Balaban J connectivity index is 1.83. The largest absolute Gasteiger partial charge is 0.377 e. The molecular weight excluding hydrogens is 312 g/mol. The summed E-state index contributed by atoms with van der Waals surface area (Å²) in [7, 11) is 0. The monoisotopic (exact) mass is 326 g/mol. The van der Waals surface area contributed by atoms with E-state index in [0.717, 1.165) is 10.9 Å². The van der Waals surface area contributed by atoms with Crippen molar-refractivity contribution in [3.05, 3.63) is 70.5 Å². The van der Waals surface area contributed by atoms with Crippen molar-refractivity contribution in [3.63, 3.8) is 0 Å². The normalized spacial score (nSPS) is 26.8. The number of nitrogens with one attached hydrogen (secondary N) is 1. The molecule has 0 radical (unpaired) electrons. The van der Waals surface area contributed by atoms with Gasteiger partial charge in [0.2, 0.25) is 0 Å². The minimum Gasteiger partial charge on any atom is -0.377 e. The molecule has 1 aromatic carbocycles. The topological polar surface area (TPSA) is 24.9 Å². The molecule has 1 N–H and O–H groups in total. The Bertz CT molecular complexity index is 666. The van der Waals surface area contributed by atoms with Gasteiger partial charge in [0, 0.05) is 22.8 Å². The first-order valence-corrected chi connectivity index (χ1v) is 7.75. The SMILES string of the molecule is Brc1cccc2c1N[C@@H](c1ccncc1)C1CC=CC21. The first-order valence-electron chi connectivity index (χ1n) is 6.96. The van der Waals surface area contributed by atoms with Crippen molar-refractivity contribution in [2.24, 2.45) is 5.92 Å². The number of hydrogen-bond donors (Lipinski definition) is 1. The lowest BCUT2D eigenvalue weighted by atomic mass is 9.77. The highest BCUT2D eigenvalue weighted by atomic mass is 79.9. The van der Waals surface area contributed by atoms with Gasteiger partial charge in [0.05, 0.1) is 11.7 Å². The lowest BCUT2D eigenvalue weighted by Crippen LogP contribution is -2.29. The Labute approximate surface area is 127 Å². The van der Waals surface area contributed by atoms with Gasteiger partial charge in [0.25, 0.3) is 0 Å². The van der Waals surface area contributed by atoms with Gasteiger partial charge in [-0.25, -0.2) is 0 Å². The Hall–Kier alpha value is -1.61. The molecule has 3 heteroatoms. The van der Waals surface area contributed by atoms with Crippen LogP contribution >= 0.6 is 15.9 Å². The predicted octanol–water partition coefficient (Wildman–Crippen LogP) is 4.67. The van der Waals surface area contributed by atoms with Crippen LogP contribution in [0.1, 0.15) is 29.5 Å². The van der Waals surface area contributed by atoms with Gasteiger partial charge in [0.15, 0.2) is 0 Å². The summed E-state index contributed by atoms with van der Waals surface area (Å²) in [5, 5.41) is 3.74. The number of pyridine rings is 1. The Morgan fingerprint density at radius 2 is 2.00 bits per heavy atom. The molecule has 100 valence electrons. The molecule has 2 aromatic rings. The highest BCUT2D eigenvalue weighted by molar-refractivity contribution is 9.10. The van der Waals surface area contributed by atoms with Crippen LogP contribution in [0.3, 0.4) is 0 Å². The lowest BCUT2D eigenvalue weighted by Gasteiger charge is -2.38. The highest BCUT2D eigenvalue weighted by Gasteiger charge is 2.38. The van der Waals surface area contributed by atoms with E-state index in [1.807, 2.05) is 12.4 Å². The first kappa shape index (κ1) is 12.2. The smallest absolute Gasteiger partial charge is 0.0555 e. The molecule has 1 aromatic heterocycles. The molecule has 0 spiro atoms. The summed E-state index contributed by atoms with van der Waals surface area (Å²) in [6, 6.07) is 11.1. The van der Waals surface area contributed by atoms with E-state index in [4.69, 9.17) is 0 Å². The Kier molecular flexibility index (Phi) is 2.88. The number of aromatic nitrogens is 1. The lowest BCUT2D eigenvalue weighted by molar-refractivity contribution is 0.425. The first-order chi connectivity index (χ1) is 9.84.